The standard InChI is InChI=1S/C18H15FN4O/c19-12-5-6-15-16(8-12)23-17(22-15)10-21-18(24)7-11-9-20-14-4-2-1-3-13(11)14/h1-6,8-9,20H,7,10H2,(H,21,24)(H,22,23). The van der Waals surface area contributed by atoms with Gasteiger partial charge in [0.15, 0.2) is 0 Å². The van der Waals surface area contributed by atoms with Crippen LogP contribution in [0.15, 0.2) is 48.7 Å². The lowest BCUT2D eigenvalue weighted by atomic mass is 10.1. The molecule has 6 heteroatoms. The predicted octanol–water partition coefficient (Wildman–Crippen LogP) is 3.04. The number of fused-ring (bicyclic) bond motifs is 2. The van der Waals surface area contributed by atoms with Gasteiger partial charge in [0.25, 0.3) is 0 Å². The van der Waals surface area contributed by atoms with E-state index >= 15 is 0 Å². The number of carbonyl (C=O) groups is 1. The minimum atomic E-state index is -0.318. The smallest absolute Gasteiger partial charge is 0.224 e. The van der Waals surface area contributed by atoms with Crippen molar-refractivity contribution < 1.29 is 9.18 Å². The summed E-state index contributed by atoms with van der Waals surface area (Å²) in [5.41, 5.74) is 3.27. The Labute approximate surface area is 136 Å². The van der Waals surface area contributed by atoms with Gasteiger partial charge in [0.1, 0.15) is 11.6 Å². The number of H-pyrrole nitrogens is 2. The molecule has 0 aliphatic carbocycles. The summed E-state index contributed by atoms with van der Waals surface area (Å²) in [5, 5.41) is 3.89. The van der Waals surface area contributed by atoms with E-state index in [0.29, 0.717) is 23.3 Å². The highest BCUT2D eigenvalue weighted by molar-refractivity contribution is 5.88. The summed E-state index contributed by atoms with van der Waals surface area (Å²) in [4.78, 5) is 22.7. The lowest BCUT2D eigenvalue weighted by molar-refractivity contribution is -0.120. The van der Waals surface area contributed by atoms with Gasteiger partial charge in [0.05, 0.1) is 24.0 Å². The van der Waals surface area contributed by atoms with E-state index in [-0.39, 0.29) is 18.3 Å². The van der Waals surface area contributed by atoms with E-state index < -0.39 is 0 Å². The lowest BCUT2D eigenvalue weighted by Gasteiger charge is -2.02. The van der Waals surface area contributed by atoms with Gasteiger partial charge in [0, 0.05) is 17.1 Å². The first-order valence-electron chi connectivity index (χ1n) is 7.65. The normalized spacial score (nSPS) is 11.2. The molecule has 4 rings (SSSR count). The molecule has 0 aliphatic rings. The Morgan fingerprint density at radius 2 is 2.04 bits per heavy atom. The molecule has 2 aromatic heterocycles. The molecular weight excluding hydrogens is 307 g/mol. The van der Waals surface area contributed by atoms with E-state index in [1.807, 2.05) is 30.5 Å². The summed E-state index contributed by atoms with van der Waals surface area (Å²) in [6, 6.07) is 12.2. The van der Waals surface area contributed by atoms with Crippen molar-refractivity contribution in [1.29, 1.82) is 0 Å². The Hall–Kier alpha value is -3.15. The number of aromatic nitrogens is 3. The van der Waals surface area contributed by atoms with Crippen LogP contribution in [-0.2, 0) is 17.8 Å². The van der Waals surface area contributed by atoms with Gasteiger partial charge in [-0.3, -0.25) is 4.79 Å². The van der Waals surface area contributed by atoms with Crippen molar-refractivity contribution in [1.82, 2.24) is 20.3 Å². The molecule has 5 nitrogen and oxygen atoms in total. The zero-order valence-corrected chi connectivity index (χ0v) is 12.8. The number of hydrogen-bond donors (Lipinski definition) is 3. The van der Waals surface area contributed by atoms with Crippen LogP contribution in [0, 0.1) is 5.82 Å². The molecule has 0 saturated carbocycles. The number of para-hydroxylation sites is 1. The zero-order chi connectivity index (χ0) is 16.5. The second-order valence-electron chi connectivity index (χ2n) is 5.66. The molecule has 120 valence electrons. The highest BCUT2D eigenvalue weighted by Crippen LogP contribution is 2.18. The summed E-state index contributed by atoms with van der Waals surface area (Å²) in [7, 11) is 0. The van der Waals surface area contributed by atoms with Crippen LogP contribution in [0.2, 0.25) is 0 Å². The summed E-state index contributed by atoms with van der Waals surface area (Å²) in [5.74, 6) is 0.190. The molecule has 2 heterocycles. The number of carbonyl (C=O) groups excluding carboxylic acids is 1. The molecule has 0 saturated heterocycles. The Kier molecular flexibility index (Phi) is 3.49. The fourth-order valence-corrected chi connectivity index (χ4v) is 2.81. The van der Waals surface area contributed by atoms with Crippen molar-refractivity contribution in [2.24, 2.45) is 0 Å². The average molecular weight is 322 g/mol. The molecule has 0 bridgehead atoms. The Morgan fingerprint density at radius 1 is 1.17 bits per heavy atom. The van der Waals surface area contributed by atoms with Gasteiger partial charge in [-0.05, 0) is 29.8 Å². The summed E-state index contributed by atoms with van der Waals surface area (Å²) < 4.78 is 13.2. The van der Waals surface area contributed by atoms with Crippen molar-refractivity contribution in [3.05, 3.63) is 65.9 Å². The minimum Gasteiger partial charge on any atom is -0.361 e. The Balaban J connectivity index is 1.44. The number of rotatable bonds is 4. The van der Waals surface area contributed by atoms with Gasteiger partial charge in [-0.2, -0.15) is 0 Å². The maximum absolute atomic E-state index is 13.2. The number of benzene rings is 2. The zero-order valence-electron chi connectivity index (χ0n) is 12.8. The molecule has 0 atom stereocenters. The van der Waals surface area contributed by atoms with Crippen molar-refractivity contribution in [3.8, 4) is 0 Å². The molecule has 1 amide bonds. The molecule has 24 heavy (non-hydrogen) atoms. The molecule has 0 fully saturated rings. The van der Waals surface area contributed by atoms with Gasteiger partial charge in [0.2, 0.25) is 5.91 Å². The van der Waals surface area contributed by atoms with Crippen LogP contribution in [0.1, 0.15) is 11.4 Å². The summed E-state index contributed by atoms with van der Waals surface area (Å²) in [6.07, 6.45) is 2.15. The quantitative estimate of drug-likeness (QED) is 0.540. The third-order valence-corrected chi connectivity index (χ3v) is 3.97. The number of hydrogen-bond acceptors (Lipinski definition) is 2. The van der Waals surface area contributed by atoms with Gasteiger partial charge >= 0.3 is 0 Å². The topological polar surface area (TPSA) is 73.6 Å². The average Bonchev–Trinajstić information content (AvgIpc) is 3.17. The number of nitrogens with zero attached hydrogens (tertiary/aromatic N) is 1. The monoisotopic (exact) mass is 322 g/mol. The number of aromatic amines is 2. The number of nitrogens with one attached hydrogen (secondary N) is 3. The van der Waals surface area contributed by atoms with Crippen molar-refractivity contribution in [3.63, 3.8) is 0 Å². The van der Waals surface area contributed by atoms with Crippen LogP contribution in [0.4, 0.5) is 4.39 Å². The molecule has 4 aromatic rings. The number of imidazole rings is 1. The second-order valence-corrected chi connectivity index (χ2v) is 5.66. The third-order valence-electron chi connectivity index (χ3n) is 3.97. The van der Waals surface area contributed by atoms with Crippen LogP contribution in [0.25, 0.3) is 21.9 Å². The van der Waals surface area contributed by atoms with Crippen molar-refractivity contribution in [2.75, 3.05) is 0 Å². The van der Waals surface area contributed by atoms with Crippen LogP contribution in [-0.4, -0.2) is 20.9 Å². The molecule has 0 spiro atoms. The number of halogens is 1. The molecule has 0 unspecified atom stereocenters. The van der Waals surface area contributed by atoms with Crippen LogP contribution in [0.5, 0.6) is 0 Å². The highest BCUT2D eigenvalue weighted by atomic mass is 19.1. The van der Waals surface area contributed by atoms with Crippen LogP contribution in [0.3, 0.4) is 0 Å². The van der Waals surface area contributed by atoms with Crippen molar-refractivity contribution in [2.45, 2.75) is 13.0 Å². The van der Waals surface area contributed by atoms with Gasteiger partial charge in [-0.15, -0.1) is 0 Å². The van der Waals surface area contributed by atoms with E-state index in [9.17, 15) is 9.18 Å². The molecule has 2 aromatic carbocycles. The molecule has 0 aliphatic heterocycles. The first-order valence-corrected chi connectivity index (χ1v) is 7.65. The number of amides is 1. The van der Waals surface area contributed by atoms with Crippen LogP contribution >= 0.6 is 0 Å². The lowest BCUT2D eigenvalue weighted by Crippen LogP contribution is -2.25. The Morgan fingerprint density at radius 3 is 2.96 bits per heavy atom. The first kappa shape index (κ1) is 14.4. The van der Waals surface area contributed by atoms with E-state index in [1.54, 1.807) is 6.07 Å². The fourth-order valence-electron chi connectivity index (χ4n) is 2.81. The van der Waals surface area contributed by atoms with Gasteiger partial charge in [-0.25, -0.2) is 9.37 Å². The van der Waals surface area contributed by atoms with Crippen LogP contribution < -0.4 is 5.32 Å². The maximum atomic E-state index is 13.2. The van der Waals surface area contributed by atoms with E-state index in [2.05, 4.69) is 20.3 Å². The predicted molar refractivity (Wildman–Crippen MR) is 89.9 cm³/mol. The van der Waals surface area contributed by atoms with E-state index in [4.69, 9.17) is 0 Å². The molecular formula is C18H15FN4O. The maximum Gasteiger partial charge on any atom is 0.224 e. The fraction of sp³-hybridized carbons (Fsp3) is 0.111. The van der Waals surface area contributed by atoms with Gasteiger partial charge in [-0.1, -0.05) is 18.2 Å². The molecule has 0 radical (unpaired) electrons. The Bertz CT molecular complexity index is 1030. The minimum absolute atomic E-state index is 0.0913. The first-order chi connectivity index (χ1) is 11.7. The van der Waals surface area contributed by atoms with Crippen molar-refractivity contribution >= 4 is 27.8 Å². The van der Waals surface area contributed by atoms with Gasteiger partial charge < -0.3 is 15.3 Å². The SMILES string of the molecule is O=C(Cc1c[nH]c2ccccc12)NCc1nc2ccc(F)cc2[nH]1. The van der Waals surface area contributed by atoms with E-state index in [1.165, 1.54) is 12.1 Å². The summed E-state index contributed by atoms with van der Waals surface area (Å²) >= 11 is 0. The third kappa shape index (κ3) is 2.74. The van der Waals surface area contributed by atoms with E-state index in [0.717, 1.165) is 16.5 Å². The largest absolute Gasteiger partial charge is 0.361 e. The molecule has 3 N–H and O–H groups in total. The second kappa shape index (κ2) is 5.81. The summed E-state index contributed by atoms with van der Waals surface area (Å²) in [6.45, 7) is 0.275. The highest BCUT2D eigenvalue weighted by Gasteiger charge is 2.10.